The summed E-state index contributed by atoms with van der Waals surface area (Å²) in [6, 6.07) is 9.75. The molecule has 0 atom stereocenters. The van der Waals surface area contributed by atoms with Gasteiger partial charge in [0.2, 0.25) is 0 Å². The SMILES string of the molecule is C=Cc1c(/C=C\C)ccc2sc3ccc(B(O)O)cc3c12. The zero-order valence-electron chi connectivity index (χ0n) is 11.7. The second-order valence-corrected chi connectivity index (χ2v) is 5.96. The zero-order chi connectivity index (χ0) is 15.0. The molecule has 4 heteroatoms. The fraction of sp³-hybridized carbons (Fsp3) is 0.0588. The van der Waals surface area contributed by atoms with Gasteiger partial charge in [0, 0.05) is 20.2 Å². The summed E-state index contributed by atoms with van der Waals surface area (Å²) >= 11 is 1.70. The molecule has 0 radical (unpaired) electrons. The van der Waals surface area contributed by atoms with Gasteiger partial charge in [0.15, 0.2) is 0 Å². The number of thiophene rings is 1. The van der Waals surface area contributed by atoms with Crippen LogP contribution >= 0.6 is 11.3 Å². The Kier molecular flexibility index (Phi) is 3.68. The molecule has 0 amide bonds. The van der Waals surface area contributed by atoms with Crippen LogP contribution in [-0.4, -0.2) is 17.2 Å². The van der Waals surface area contributed by atoms with Crippen molar-refractivity contribution in [2.24, 2.45) is 0 Å². The summed E-state index contributed by atoms with van der Waals surface area (Å²) in [5, 5.41) is 20.9. The third kappa shape index (κ3) is 2.31. The van der Waals surface area contributed by atoms with Crippen LogP contribution in [0.3, 0.4) is 0 Å². The molecule has 0 saturated heterocycles. The summed E-state index contributed by atoms with van der Waals surface area (Å²) in [5.41, 5.74) is 2.71. The molecule has 0 aliphatic rings. The highest BCUT2D eigenvalue weighted by Crippen LogP contribution is 2.37. The van der Waals surface area contributed by atoms with Crippen molar-refractivity contribution in [2.75, 3.05) is 0 Å². The molecule has 104 valence electrons. The van der Waals surface area contributed by atoms with Crippen LogP contribution in [0.2, 0.25) is 0 Å². The quantitative estimate of drug-likeness (QED) is 0.727. The van der Waals surface area contributed by atoms with E-state index in [2.05, 4.69) is 24.8 Å². The van der Waals surface area contributed by atoms with Crippen molar-refractivity contribution in [1.82, 2.24) is 0 Å². The standard InChI is InChI=1S/C17H15BO2S/c1-3-5-11-6-8-16-17(13(11)4-2)14-10-12(18(19)20)7-9-15(14)21-16/h3-10,19-20H,2H2,1H3/b5-3-. The lowest BCUT2D eigenvalue weighted by molar-refractivity contribution is 0.426. The first-order valence-corrected chi connectivity index (χ1v) is 7.57. The predicted octanol–water partition coefficient (Wildman–Crippen LogP) is 3.41. The largest absolute Gasteiger partial charge is 0.488 e. The van der Waals surface area contributed by atoms with E-state index in [1.807, 2.05) is 31.2 Å². The summed E-state index contributed by atoms with van der Waals surface area (Å²) in [4.78, 5) is 0. The Bertz CT molecular complexity index is 862. The van der Waals surface area contributed by atoms with E-state index in [1.54, 1.807) is 17.4 Å². The van der Waals surface area contributed by atoms with Crippen molar-refractivity contribution in [3.05, 3.63) is 54.1 Å². The second-order valence-electron chi connectivity index (χ2n) is 4.88. The molecule has 2 aromatic carbocycles. The van der Waals surface area contributed by atoms with E-state index in [0.29, 0.717) is 5.46 Å². The van der Waals surface area contributed by atoms with Crippen LogP contribution in [-0.2, 0) is 0 Å². The van der Waals surface area contributed by atoms with E-state index in [4.69, 9.17) is 0 Å². The van der Waals surface area contributed by atoms with Crippen LogP contribution in [0.5, 0.6) is 0 Å². The number of rotatable bonds is 3. The monoisotopic (exact) mass is 294 g/mol. The highest BCUT2D eigenvalue weighted by molar-refractivity contribution is 7.25. The molecule has 0 aliphatic heterocycles. The maximum Gasteiger partial charge on any atom is 0.488 e. The number of benzene rings is 2. The Hall–Kier alpha value is -1.88. The highest BCUT2D eigenvalue weighted by atomic mass is 32.1. The van der Waals surface area contributed by atoms with Crippen LogP contribution in [0.1, 0.15) is 18.1 Å². The summed E-state index contributed by atoms with van der Waals surface area (Å²) < 4.78 is 2.31. The minimum atomic E-state index is -1.45. The lowest BCUT2D eigenvalue weighted by atomic mass is 9.79. The maximum atomic E-state index is 9.39. The molecule has 0 unspecified atom stereocenters. The Balaban J connectivity index is 2.44. The fourth-order valence-electron chi connectivity index (χ4n) is 2.63. The lowest BCUT2D eigenvalue weighted by Gasteiger charge is -2.05. The van der Waals surface area contributed by atoms with Crippen LogP contribution in [0.4, 0.5) is 0 Å². The second kappa shape index (κ2) is 5.49. The summed E-state index contributed by atoms with van der Waals surface area (Å²) in [6.45, 7) is 5.93. The topological polar surface area (TPSA) is 40.5 Å². The van der Waals surface area contributed by atoms with Gasteiger partial charge in [-0.05, 0) is 35.6 Å². The van der Waals surface area contributed by atoms with Crippen molar-refractivity contribution in [3.8, 4) is 0 Å². The number of allylic oxidation sites excluding steroid dienone is 1. The molecule has 0 saturated carbocycles. The molecule has 0 bridgehead atoms. The van der Waals surface area contributed by atoms with Gasteiger partial charge in [-0.2, -0.15) is 0 Å². The van der Waals surface area contributed by atoms with Gasteiger partial charge in [0.1, 0.15) is 0 Å². The molecule has 0 fully saturated rings. The van der Waals surface area contributed by atoms with Crippen LogP contribution in [0.15, 0.2) is 43.0 Å². The van der Waals surface area contributed by atoms with Gasteiger partial charge in [-0.15, -0.1) is 11.3 Å². The number of hydrogen-bond acceptors (Lipinski definition) is 3. The molecule has 1 aromatic heterocycles. The van der Waals surface area contributed by atoms with Gasteiger partial charge >= 0.3 is 7.12 Å². The molecule has 21 heavy (non-hydrogen) atoms. The summed E-state index contributed by atoms with van der Waals surface area (Å²) in [7, 11) is -1.45. The smallest absolute Gasteiger partial charge is 0.423 e. The maximum absolute atomic E-state index is 9.39. The van der Waals surface area contributed by atoms with Crippen LogP contribution < -0.4 is 5.46 Å². The van der Waals surface area contributed by atoms with E-state index >= 15 is 0 Å². The van der Waals surface area contributed by atoms with Gasteiger partial charge < -0.3 is 10.0 Å². The third-order valence-corrected chi connectivity index (χ3v) is 4.72. The Morgan fingerprint density at radius 2 is 1.90 bits per heavy atom. The van der Waals surface area contributed by atoms with E-state index in [9.17, 15) is 10.0 Å². The average Bonchev–Trinajstić information content (AvgIpc) is 2.85. The molecule has 2 N–H and O–H groups in total. The molecule has 0 spiro atoms. The average molecular weight is 294 g/mol. The van der Waals surface area contributed by atoms with Gasteiger partial charge in [-0.25, -0.2) is 0 Å². The van der Waals surface area contributed by atoms with Gasteiger partial charge in [0.05, 0.1) is 0 Å². The summed E-state index contributed by atoms with van der Waals surface area (Å²) in [5.74, 6) is 0. The van der Waals surface area contributed by atoms with E-state index in [0.717, 1.165) is 26.6 Å². The molecule has 1 heterocycles. The Morgan fingerprint density at radius 1 is 1.14 bits per heavy atom. The molecule has 3 aromatic rings. The minimum absolute atomic E-state index is 0.508. The lowest BCUT2D eigenvalue weighted by Crippen LogP contribution is -2.29. The zero-order valence-corrected chi connectivity index (χ0v) is 12.5. The van der Waals surface area contributed by atoms with E-state index < -0.39 is 7.12 Å². The Morgan fingerprint density at radius 3 is 2.57 bits per heavy atom. The Labute approximate surface area is 127 Å². The third-order valence-electron chi connectivity index (χ3n) is 3.58. The van der Waals surface area contributed by atoms with Crippen molar-refractivity contribution in [3.63, 3.8) is 0 Å². The van der Waals surface area contributed by atoms with E-state index in [-0.39, 0.29) is 0 Å². The van der Waals surface area contributed by atoms with E-state index in [1.165, 1.54) is 4.70 Å². The normalized spacial score (nSPS) is 11.6. The predicted molar refractivity (Wildman–Crippen MR) is 94.0 cm³/mol. The van der Waals surface area contributed by atoms with Crippen molar-refractivity contribution in [2.45, 2.75) is 6.92 Å². The number of hydrogen-bond donors (Lipinski definition) is 2. The van der Waals surface area contributed by atoms with Gasteiger partial charge in [-0.1, -0.05) is 43.0 Å². The first-order chi connectivity index (χ1) is 10.2. The molecular formula is C17H15BO2S. The van der Waals surface area contributed by atoms with Crippen molar-refractivity contribution < 1.29 is 10.0 Å². The van der Waals surface area contributed by atoms with Gasteiger partial charge in [-0.3, -0.25) is 0 Å². The van der Waals surface area contributed by atoms with Crippen LogP contribution in [0.25, 0.3) is 32.3 Å². The van der Waals surface area contributed by atoms with Crippen LogP contribution in [0, 0.1) is 0 Å². The first kappa shape index (κ1) is 14.1. The molecule has 3 rings (SSSR count). The number of fused-ring (bicyclic) bond motifs is 3. The molecular weight excluding hydrogens is 279 g/mol. The first-order valence-electron chi connectivity index (χ1n) is 6.76. The minimum Gasteiger partial charge on any atom is -0.423 e. The van der Waals surface area contributed by atoms with Crippen molar-refractivity contribution >= 4 is 56.2 Å². The van der Waals surface area contributed by atoms with Crippen molar-refractivity contribution in [1.29, 1.82) is 0 Å². The highest BCUT2D eigenvalue weighted by Gasteiger charge is 2.15. The molecule has 2 nitrogen and oxygen atoms in total. The fourth-order valence-corrected chi connectivity index (χ4v) is 3.74. The summed E-state index contributed by atoms with van der Waals surface area (Å²) in [6.07, 6.45) is 5.93. The van der Waals surface area contributed by atoms with Gasteiger partial charge in [0.25, 0.3) is 0 Å². The molecule has 0 aliphatic carbocycles.